The molecule has 2 aliphatic rings. The molecule has 45 heavy (non-hydrogen) atoms. The standard InChI is InChI=1S/C28H32O17/c1-8-16(31)20(35)23(38)27(42-8)41-7-14-17(32)21(36)24(39)28(44-14)45-26-13(40-2)6-12-15(19(26)34)18(33)22(37)25(43-12)9-3-4-10(29)11(30)5-9/h3-6,8,14,16-17,20-21,23-24,27-32,34-39H,7H2,1-2H3/t8-,14+,16+,17-,20-,21+,23-,24-,27-,28+/m1/s1. The van der Waals surface area contributed by atoms with Crippen LogP contribution in [0.2, 0.25) is 0 Å². The monoisotopic (exact) mass is 640 g/mol. The molecule has 10 N–H and O–H groups in total. The molecular formula is C28H32O17. The SMILES string of the molecule is COc1cc2oc(-c3ccc(O)c(O)c3)c(O)c(=O)c2c(O)c1O[C@@H]1O[C@@H](CO[C@@H]2O[C@H](C)[C@H](O)[C@@H](O)[C@H]2O)[C@@H](O)[C@H](O)[C@H]1O. The van der Waals surface area contributed by atoms with Crippen LogP contribution in [0, 0.1) is 0 Å². The maximum absolute atomic E-state index is 13.2. The fourth-order valence-corrected chi connectivity index (χ4v) is 5.02. The number of hydrogen-bond acceptors (Lipinski definition) is 17. The average molecular weight is 641 g/mol. The number of aliphatic hydroxyl groups is 6. The lowest BCUT2D eigenvalue weighted by Gasteiger charge is -2.42. The molecule has 3 heterocycles. The lowest BCUT2D eigenvalue weighted by Crippen LogP contribution is -2.61. The summed E-state index contributed by atoms with van der Waals surface area (Å²) >= 11 is 0. The van der Waals surface area contributed by atoms with Gasteiger partial charge in [0.2, 0.25) is 23.2 Å². The first kappa shape index (κ1) is 32.5. The molecule has 246 valence electrons. The van der Waals surface area contributed by atoms with Gasteiger partial charge in [0.1, 0.15) is 53.7 Å². The van der Waals surface area contributed by atoms with Gasteiger partial charge in [0.05, 0.1) is 19.8 Å². The van der Waals surface area contributed by atoms with Gasteiger partial charge in [-0.1, -0.05) is 0 Å². The maximum atomic E-state index is 13.2. The topological polar surface area (TPSA) is 279 Å². The normalized spacial score (nSPS) is 32.0. The third kappa shape index (κ3) is 5.81. The molecule has 17 nitrogen and oxygen atoms in total. The van der Waals surface area contributed by atoms with Gasteiger partial charge < -0.3 is 79.2 Å². The van der Waals surface area contributed by atoms with E-state index >= 15 is 0 Å². The molecule has 17 heteroatoms. The van der Waals surface area contributed by atoms with Gasteiger partial charge in [-0.2, -0.15) is 0 Å². The van der Waals surface area contributed by atoms with Crippen LogP contribution in [-0.4, -0.2) is 126 Å². The van der Waals surface area contributed by atoms with E-state index in [1.54, 1.807) is 0 Å². The second-order valence-corrected chi connectivity index (χ2v) is 10.6. The third-order valence-electron chi connectivity index (χ3n) is 7.65. The number of phenols is 3. The smallest absolute Gasteiger partial charge is 0.238 e. The molecular weight excluding hydrogens is 608 g/mol. The number of aromatic hydroxyl groups is 4. The fraction of sp³-hybridized carbons (Fsp3) is 0.464. The van der Waals surface area contributed by atoms with Crippen molar-refractivity contribution in [1.82, 2.24) is 0 Å². The van der Waals surface area contributed by atoms with E-state index in [0.29, 0.717) is 0 Å². The number of aliphatic hydroxyl groups excluding tert-OH is 6. The second kappa shape index (κ2) is 12.5. The summed E-state index contributed by atoms with van der Waals surface area (Å²) in [7, 11) is 1.17. The number of fused-ring (bicyclic) bond motifs is 1. The van der Waals surface area contributed by atoms with Crippen LogP contribution in [0.15, 0.2) is 33.5 Å². The largest absolute Gasteiger partial charge is 0.504 e. The van der Waals surface area contributed by atoms with E-state index in [9.17, 15) is 55.9 Å². The third-order valence-corrected chi connectivity index (χ3v) is 7.65. The molecule has 0 bridgehead atoms. The van der Waals surface area contributed by atoms with Crippen molar-refractivity contribution in [2.24, 2.45) is 0 Å². The first-order valence-electron chi connectivity index (χ1n) is 13.5. The van der Waals surface area contributed by atoms with Crippen LogP contribution in [0.25, 0.3) is 22.3 Å². The zero-order valence-corrected chi connectivity index (χ0v) is 23.6. The van der Waals surface area contributed by atoms with Crippen molar-refractivity contribution in [3.63, 3.8) is 0 Å². The lowest BCUT2D eigenvalue weighted by atomic mass is 9.98. The number of rotatable bonds is 7. The minimum absolute atomic E-state index is 0.00593. The maximum Gasteiger partial charge on any atom is 0.238 e. The summed E-state index contributed by atoms with van der Waals surface area (Å²) in [6.45, 7) is 0.838. The molecule has 5 rings (SSSR count). The Labute approximate surface area is 252 Å². The highest BCUT2D eigenvalue weighted by molar-refractivity contribution is 5.91. The van der Waals surface area contributed by atoms with Crippen molar-refractivity contribution < 1.29 is 79.2 Å². The van der Waals surface area contributed by atoms with E-state index in [2.05, 4.69) is 0 Å². The van der Waals surface area contributed by atoms with Crippen molar-refractivity contribution in [3.8, 4) is 45.8 Å². The van der Waals surface area contributed by atoms with E-state index in [-0.39, 0.29) is 16.9 Å². The molecule has 3 aromatic rings. The van der Waals surface area contributed by atoms with Gasteiger partial charge in [0.25, 0.3) is 0 Å². The van der Waals surface area contributed by atoms with Gasteiger partial charge in [-0.25, -0.2) is 0 Å². The fourth-order valence-electron chi connectivity index (χ4n) is 5.02. The summed E-state index contributed by atoms with van der Waals surface area (Å²) in [6.07, 6.45) is -16.0. The Kier molecular flexibility index (Phi) is 9.00. The van der Waals surface area contributed by atoms with E-state index in [0.717, 1.165) is 18.2 Å². The number of ether oxygens (including phenoxy) is 5. The van der Waals surface area contributed by atoms with Crippen LogP contribution < -0.4 is 14.9 Å². The van der Waals surface area contributed by atoms with Crippen molar-refractivity contribution in [2.45, 2.75) is 68.3 Å². The number of phenolic OH excluding ortho intramolecular Hbond substituents is 3. The van der Waals surface area contributed by atoms with Crippen LogP contribution in [-0.2, 0) is 14.2 Å². The number of methoxy groups -OCH3 is 1. The summed E-state index contributed by atoms with van der Waals surface area (Å²) in [6, 6.07) is 4.49. The zero-order chi connectivity index (χ0) is 32.9. The molecule has 2 aliphatic heterocycles. The van der Waals surface area contributed by atoms with Gasteiger partial charge in [-0.05, 0) is 25.1 Å². The molecule has 0 radical (unpaired) electrons. The summed E-state index contributed by atoms with van der Waals surface area (Å²) in [5, 5.41) is 102. The molecule has 2 saturated heterocycles. The number of benzene rings is 2. The van der Waals surface area contributed by atoms with Crippen molar-refractivity contribution in [2.75, 3.05) is 13.7 Å². The summed E-state index contributed by atoms with van der Waals surface area (Å²) in [4.78, 5) is 13.2. The Hall–Kier alpha value is -3.91. The Bertz CT molecular complexity index is 1610. The van der Waals surface area contributed by atoms with E-state index in [1.165, 1.54) is 20.1 Å². The minimum Gasteiger partial charge on any atom is -0.504 e. The van der Waals surface area contributed by atoms with Crippen molar-refractivity contribution in [3.05, 3.63) is 34.5 Å². The van der Waals surface area contributed by atoms with Gasteiger partial charge in [-0.15, -0.1) is 0 Å². The lowest BCUT2D eigenvalue weighted by molar-refractivity contribution is -0.318. The highest BCUT2D eigenvalue weighted by atomic mass is 16.7. The van der Waals surface area contributed by atoms with Crippen LogP contribution >= 0.6 is 0 Å². The highest BCUT2D eigenvalue weighted by Gasteiger charge is 2.47. The summed E-state index contributed by atoms with van der Waals surface area (Å²) in [5.74, 6) is -4.18. The molecule has 1 aromatic heterocycles. The Balaban J connectivity index is 1.43. The highest BCUT2D eigenvalue weighted by Crippen LogP contribution is 2.45. The van der Waals surface area contributed by atoms with Crippen LogP contribution in [0.4, 0.5) is 0 Å². The van der Waals surface area contributed by atoms with Crippen LogP contribution in [0.1, 0.15) is 6.92 Å². The van der Waals surface area contributed by atoms with Gasteiger partial charge in [0, 0.05) is 11.6 Å². The summed E-state index contributed by atoms with van der Waals surface area (Å²) in [5.41, 5.74) is -1.43. The molecule has 0 amide bonds. The first-order valence-corrected chi connectivity index (χ1v) is 13.5. The van der Waals surface area contributed by atoms with Gasteiger partial charge in [0.15, 0.2) is 35.0 Å². The van der Waals surface area contributed by atoms with Crippen LogP contribution in [0.5, 0.6) is 34.5 Å². The molecule has 0 spiro atoms. The predicted molar refractivity (Wildman–Crippen MR) is 147 cm³/mol. The van der Waals surface area contributed by atoms with Crippen molar-refractivity contribution >= 4 is 11.0 Å². The molecule has 2 fully saturated rings. The van der Waals surface area contributed by atoms with Crippen molar-refractivity contribution in [1.29, 1.82) is 0 Å². The van der Waals surface area contributed by atoms with Gasteiger partial charge in [-0.3, -0.25) is 4.79 Å². The van der Waals surface area contributed by atoms with E-state index < -0.39 is 113 Å². The predicted octanol–water partition coefficient (Wildman–Crippen LogP) is -1.68. The van der Waals surface area contributed by atoms with Crippen LogP contribution in [0.3, 0.4) is 0 Å². The average Bonchev–Trinajstić information content (AvgIpc) is 3.01. The van der Waals surface area contributed by atoms with E-state index in [4.69, 9.17) is 28.1 Å². The number of hydrogen-bond donors (Lipinski definition) is 10. The first-order chi connectivity index (χ1) is 21.2. The molecule has 0 saturated carbocycles. The van der Waals surface area contributed by atoms with E-state index in [1.807, 2.05) is 0 Å². The second-order valence-electron chi connectivity index (χ2n) is 10.6. The Morgan fingerprint density at radius 2 is 1.44 bits per heavy atom. The minimum atomic E-state index is -1.93. The van der Waals surface area contributed by atoms with Gasteiger partial charge >= 0.3 is 0 Å². The molecule has 10 atom stereocenters. The molecule has 0 unspecified atom stereocenters. The molecule has 2 aromatic carbocycles. The molecule has 0 aliphatic carbocycles. The Morgan fingerprint density at radius 3 is 2.11 bits per heavy atom. The zero-order valence-electron chi connectivity index (χ0n) is 23.6. The summed E-state index contributed by atoms with van der Waals surface area (Å²) < 4.78 is 32.9. The quantitative estimate of drug-likeness (QED) is 0.129. The Morgan fingerprint density at radius 1 is 0.778 bits per heavy atom.